The number of Topliss-reactive ketones (excluding diaryl/α,β-unsaturated/α-hetero) is 1. The van der Waals surface area contributed by atoms with Gasteiger partial charge in [-0.05, 0) is 44.9 Å². The van der Waals surface area contributed by atoms with Crippen molar-refractivity contribution in [1.29, 1.82) is 0 Å². The zero-order chi connectivity index (χ0) is 13.1. The Labute approximate surface area is 108 Å². The number of halogens is 1. The summed E-state index contributed by atoms with van der Waals surface area (Å²) in [5.74, 6) is -0.261. The lowest BCUT2D eigenvalue weighted by Crippen LogP contribution is -2.29. The highest BCUT2D eigenvalue weighted by molar-refractivity contribution is 5.96. The minimum atomic E-state index is -0.296. The van der Waals surface area contributed by atoms with Gasteiger partial charge in [0.05, 0.1) is 0 Å². The smallest absolute Gasteiger partial charge is 0.164 e. The highest BCUT2D eigenvalue weighted by Gasteiger charge is 2.20. The Morgan fingerprint density at radius 1 is 1.50 bits per heavy atom. The first-order chi connectivity index (χ1) is 8.58. The van der Waals surface area contributed by atoms with Crippen molar-refractivity contribution in [2.45, 2.75) is 39.2 Å². The number of hydrogen-bond donors (Lipinski definition) is 0. The first-order valence-electron chi connectivity index (χ1n) is 6.61. The fourth-order valence-electron chi connectivity index (χ4n) is 2.48. The molecule has 1 unspecified atom stereocenters. The maximum Gasteiger partial charge on any atom is 0.164 e. The average molecular weight is 249 g/mol. The summed E-state index contributed by atoms with van der Waals surface area (Å²) < 4.78 is 13.4. The Morgan fingerprint density at radius 3 is 2.89 bits per heavy atom. The van der Waals surface area contributed by atoms with Gasteiger partial charge in [0.2, 0.25) is 0 Å². The summed E-state index contributed by atoms with van der Waals surface area (Å²) in [5.41, 5.74) is 1.07. The zero-order valence-electron chi connectivity index (χ0n) is 11.1. The molecular formula is C15H20FNO. The number of aryl methyl sites for hydroxylation is 1. The maximum absolute atomic E-state index is 13.4. The molecule has 1 fully saturated rings. The van der Waals surface area contributed by atoms with E-state index in [0.717, 1.165) is 13.1 Å². The molecule has 0 aliphatic carbocycles. The Balaban J connectivity index is 1.93. The molecule has 18 heavy (non-hydrogen) atoms. The predicted octanol–water partition coefficient (Wildman–Crippen LogP) is 3.19. The summed E-state index contributed by atoms with van der Waals surface area (Å²) in [4.78, 5) is 14.3. The standard InChI is InChI=1S/C15H20FNO/c1-11-5-6-13(10-14(11)16)15(18)7-9-17-8-3-4-12(17)2/h5-6,10,12H,3-4,7-9H2,1-2H3. The molecule has 2 nitrogen and oxygen atoms in total. The van der Waals surface area contributed by atoms with E-state index < -0.39 is 0 Å². The second kappa shape index (κ2) is 5.61. The fraction of sp³-hybridized carbons (Fsp3) is 0.533. The molecule has 1 saturated heterocycles. The van der Waals surface area contributed by atoms with Crippen LogP contribution >= 0.6 is 0 Å². The summed E-state index contributed by atoms with van der Waals surface area (Å²) in [6.07, 6.45) is 2.91. The number of ketones is 1. The monoisotopic (exact) mass is 249 g/mol. The van der Waals surface area contributed by atoms with Crippen LogP contribution in [0.15, 0.2) is 18.2 Å². The van der Waals surface area contributed by atoms with Crippen molar-refractivity contribution in [3.8, 4) is 0 Å². The van der Waals surface area contributed by atoms with Gasteiger partial charge in [-0.15, -0.1) is 0 Å². The Morgan fingerprint density at radius 2 is 2.28 bits per heavy atom. The van der Waals surface area contributed by atoms with Crippen molar-refractivity contribution < 1.29 is 9.18 Å². The molecule has 2 rings (SSSR count). The number of likely N-dealkylation sites (tertiary alicyclic amines) is 1. The fourth-order valence-corrected chi connectivity index (χ4v) is 2.48. The average Bonchev–Trinajstić information content (AvgIpc) is 2.75. The van der Waals surface area contributed by atoms with Gasteiger partial charge >= 0.3 is 0 Å². The molecule has 98 valence electrons. The second-order valence-corrected chi connectivity index (χ2v) is 5.16. The van der Waals surface area contributed by atoms with Crippen LogP contribution in [0.5, 0.6) is 0 Å². The molecule has 0 spiro atoms. The lowest BCUT2D eigenvalue weighted by molar-refractivity contribution is 0.0962. The number of rotatable bonds is 4. The van der Waals surface area contributed by atoms with Crippen molar-refractivity contribution in [3.63, 3.8) is 0 Å². The first kappa shape index (κ1) is 13.2. The summed E-state index contributed by atoms with van der Waals surface area (Å²) >= 11 is 0. The second-order valence-electron chi connectivity index (χ2n) is 5.16. The number of benzene rings is 1. The minimum Gasteiger partial charge on any atom is -0.300 e. The van der Waals surface area contributed by atoms with Gasteiger partial charge in [0.15, 0.2) is 5.78 Å². The van der Waals surface area contributed by atoms with E-state index in [1.807, 2.05) is 0 Å². The summed E-state index contributed by atoms with van der Waals surface area (Å²) in [5, 5.41) is 0. The third-order valence-corrected chi connectivity index (χ3v) is 3.81. The molecule has 0 saturated carbocycles. The van der Waals surface area contributed by atoms with Gasteiger partial charge in [-0.3, -0.25) is 4.79 Å². The van der Waals surface area contributed by atoms with Gasteiger partial charge in [-0.2, -0.15) is 0 Å². The highest BCUT2D eigenvalue weighted by Crippen LogP contribution is 2.17. The van der Waals surface area contributed by atoms with Crippen LogP contribution in [0.3, 0.4) is 0 Å². The lowest BCUT2D eigenvalue weighted by atomic mass is 10.1. The normalized spacial score (nSPS) is 20.3. The maximum atomic E-state index is 13.4. The van der Waals surface area contributed by atoms with Gasteiger partial charge < -0.3 is 4.90 Å². The molecule has 0 amide bonds. The zero-order valence-corrected chi connectivity index (χ0v) is 11.1. The molecule has 1 aliphatic heterocycles. The summed E-state index contributed by atoms with van der Waals surface area (Å²) in [6.45, 7) is 5.77. The summed E-state index contributed by atoms with van der Waals surface area (Å²) in [7, 11) is 0. The van der Waals surface area contributed by atoms with Gasteiger partial charge in [-0.1, -0.05) is 12.1 Å². The van der Waals surface area contributed by atoms with Crippen LogP contribution in [0.1, 0.15) is 42.1 Å². The van der Waals surface area contributed by atoms with E-state index >= 15 is 0 Å². The van der Waals surface area contributed by atoms with E-state index in [4.69, 9.17) is 0 Å². The molecule has 0 N–H and O–H groups in total. The largest absolute Gasteiger partial charge is 0.300 e. The molecule has 0 bridgehead atoms. The quantitative estimate of drug-likeness (QED) is 0.764. The molecule has 1 aromatic carbocycles. The molecule has 0 aromatic heterocycles. The molecule has 1 atom stereocenters. The van der Waals surface area contributed by atoms with E-state index in [-0.39, 0.29) is 11.6 Å². The van der Waals surface area contributed by atoms with Gasteiger partial charge in [0, 0.05) is 24.6 Å². The number of carbonyl (C=O) groups is 1. The third-order valence-electron chi connectivity index (χ3n) is 3.81. The van der Waals surface area contributed by atoms with Crippen LogP contribution in [0.25, 0.3) is 0 Å². The predicted molar refractivity (Wildman–Crippen MR) is 70.4 cm³/mol. The van der Waals surface area contributed by atoms with Crippen LogP contribution < -0.4 is 0 Å². The van der Waals surface area contributed by atoms with E-state index in [9.17, 15) is 9.18 Å². The van der Waals surface area contributed by atoms with Crippen LogP contribution in [-0.4, -0.2) is 29.8 Å². The minimum absolute atomic E-state index is 0.0352. The van der Waals surface area contributed by atoms with Crippen molar-refractivity contribution in [2.75, 3.05) is 13.1 Å². The topological polar surface area (TPSA) is 20.3 Å². The Kier molecular flexibility index (Phi) is 4.12. The SMILES string of the molecule is Cc1ccc(C(=O)CCN2CCCC2C)cc1F. The van der Waals surface area contributed by atoms with Crippen molar-refractivity contribution in [2.24, 2.45) is 0 Å². The van der Waals surface area contributed by atoms with Crippen molar-refractivity contribution >= 4 is 5.78 Å². The van der Waals surface area contributed by atoms with Gasteiger partial charge in [-0.25, -0.2) is 4.39 Å². The van der Waals surface area contributed by atoms with Crippen molar-refractivity contribution in [3.05, 3.63) is 35.1 Å². The number of nitrogens with zero attached hydrogens (tertiary/aromatic N) is 1. The first-order valence-corrected chi connectivity index (χ1v) is 6.61. The number of carbonyl (C=O) groups excluding carboxylic acids is 1. The molecule has 1 aromatic rings. The van der Waals surface area contributed by atoms with Crippen LogP contribution in [0.2, 0.25) is 0 Å². The molecular weight excluding hydrogens is 229 g/mol. The van der Waals surface area contributed by atoms with E-state index in [0.29, 0.717) is 23.6 Å². The van der Waals surface area contributed by atoms with E-state index in [1.54, 1.807) is 19.1 Å². The van der Waals surface area contributed by atoms with Gasteiger partial charge in [0.25, 0.3) is 0 Å². The van der Waals surface area contributed by atoms with E-state index in [1.165, 1.54) is 18.9 Å². The third kappa shape index (κ3) is 2.96. The van der Waals surface area contributed by atoms with Crippen LogP contribution in [0.4, 0.5) is 4.39 Å². The van der Waals surface area contributed by atoms with Crippen LogP contribution in [0, 0.1) is 12.7 Å². The molecule has 1 aliphatic rings. The number of hydrogen-bond acceptors (Lipinski definition) is 2. The molecule has 1 heterocycles. The van der Waals surface area contributed by atoms with Crippen molar-refractivity contribution in [1.82, 2.24) is 4.90 Å². The molecule has 3 heteroatoms. The molecule has 0 radical (unpaired) electrons. The Bertz CT molecular complexity index is 444. The lowest BCUT2D eigenvalue weighted by Gasteiger charge is -2.20. The Hall–Kier alpha value is -1.22. The summed E-state index contributed by atoms with van der Waals surface area (Å²) in [6, 6.07) is 5.31. The highest BCUT2D eigenvalue weighted by atomic mass is 19.1. The van der Waals surface area contributed by atoms with Gasteiger partial charge in [0.1, 0.15) is 5.82 Å². The van der Waals surface area contributed by atoms with Crippen LogP contribution in [-0.2, 0) is 0 Å². The van der Waals surface area contributed by atoms with E-state index in [2.05, 4.69) is 11.8 Å².